The number of quaternary nitrogens is 1. The number of fused-ring (bicyclic) bond motifs is 1. The zero-order valence-electron chi connectivity index (χ0n) is 6.84. The molecule has 0 fully saturated rings. The van der Waals surface area contributed by atoms with Crippen LogP contribution in [0.25, 0.3) is 0 Å². The van der Waals surface area contributed by atoms with Crippen molar-refractivity contribution in [2.45, 2.75) is 4.90 Å². The SMILES string of the molecule is O=S(=O)(O)c1ccc2c(c1)N=C[NH+]2[O-]. The lowest BCUT2D eigenvalue weighted by atomic mass is 10.3. The van der Waals surface area contributed by atoms with E-state index in [1.165, 1.54) is 12.1 Å². The van der Waals surface area contributed by atoms with Crippen LogP contribution in [-0.4, -0.2) is 19.3 Å². The Balaban J connectivity index is 2.58. The van der Waals surface area contributed by atoms with Gasteiger partial charge >= 0.3 is 0 Å². The van der Waals surface area contributed by atoms with E-state index in [2.05, 4.69) is 4.99 Å². The third kappa shape index (κ3) is 1.42. The van der Waals surface area contributed by atoms with Gasteiger partial charge in [0, 0.05) is 6.07 Å². The number of hydroxylamine groups is 1. The molecule has 1 atom stereocenters. The number of aliphatic imine (C=N–C) groups is 1. The molecule has 1 aliphatic rings. The highest BCUT2D eigenvalue weighted by Crippen LogP contribution is 2.26. The predicted octanol–water partition coefficient (Wildman–Crippen LogP) is -0.379. The third-order valence-corrected chi connectivity index (χ3v) is 2.70. The van der Waals surface area contributed by atoms with Gasteiger partial charge in [0.15, 0.2) is 12.0 Å². The Bertz CT molecular complexity index is 508. The predicted molar refractivity (Wildman–Crippen MR) is 48.4 cm³/mol. The molecular weight excluding hydrogens is 208 g/mol. The van der Waals surface area contributed by atoms with E-state index in [0.29, 0.717) is 5.69 Å². The summed E-state index contributed by atoms with van der Waals surface area (Å²) in [5.41, 5.74) is 0.613. The van der Waals surface area contributed by atoms with E-state index in [9.17, 15) is 13.6 Å². The van der Waals surface area contributed by atoms with Crippen molar-refractivity contribution >= 4 is 27.8 Å². The summed E-state index contributed by atoms with van der Waals surface area (Å²) in [5.74, 6) is 0. The highest BCUT2D eigenvalue weighted by molar-refractivity contribution is 7.85. The van der Waals surface area contributed by atoms with E-state index in [1.807, 2.05) is 0 Å². The molecule has 1 aliphatic heterocycles. The summed E-state index contributed by atoms with van der Waals surface area (Å²) in [4.78, 5) is 3.44. The minimum atomic E-state index is -4.23. The highest BCUT2D eigenvalue weighted by Gasteiger charge is 2.18. The molecule has 1 aromatic carbocycles. The zero-order chi connectivity index (χ0) is 10.3. The summed E-state index contributed by atoms with van der Waals surface area (Å²) in [6, 6.07) is 3.65. The third-order valence-electron chi connectivity index (χ3n) is 1.85. The van der Waals surface area contributed by atoms with Crippen molar-refractivity contribution in [2.24, 2.45) is 4.99 Å². The Morgan fingerprint density at radius 2 is 2.14 bits per heavy atom. The Morgan fingerprint density at radius 3 is 2.79 bits per heavy atom. The van der Waals surface area contributed by atoms with Crippen molar-refractivity contribution in [1.82, 2.24) is 0 Å². The Labute approximate surface area is 79.8 Å². The largest absolute Gasteiger partial charge is 0.623 e. The van der Waals surface area contributed by atoms with Gasteiger partial charge in [0.05, 0.1) is 4.90 Å². The van der Waals surface area contributed by atoms with Crippen LogP contribution in [-0.2, 0) is 10.1 Å². The molecule has 14 heavy (non-hydrogen) atoms. The highest BCUT2D eigenvalue weighted by atomic mass is 32.2. The monoisotopic (exact) mass is 214 g/mol. The lowest BCUT2D eigenvalue weighted by molar-refractivity contribution is -0.655. The number of nitrogens with one attached hydrogen (secondary N) is 1. The second kappa shape index (κ2) is 2.85. The van der Waals surface area contributed by atoms with E-state index < -0.39 is 10.1 Å². The fraction of sp³-hybridized carbons (Fsp3) is 0. The first-order chi connectivity index (χ1) is 6.48. The molecule has 0 aliphatic carbocycles. The van der Waals surface area contributed by atoms with Crippen LogP contribution in [0.15, 0.2) is 28.1 Å². The molecule has 0 saturated carbocycles. The number of nitrogens with zero attached hydrogens (tertiary/aromatic N) is 1. The Hall–Kier alpha value is -1.28. The van der Waals surface area contributed by atoms with Gasteiger partial charge in [-0.05, 0) is 12.1 Å². The van der Waals surface area contributed by atoms with E-state index in [-0.39, 0.29) is 15.6 Å². The quantitative estimate of drug-likeness (QED) is 0.492. The average molecular weight is 214 g/mol. The molecule has 2 rings (SSSR count). The van der Waals surface area contributed by atoms with Gasteiger partial charge in [-0.1, -0.05) is 0 Å². The fourth-order valence-electron chi connectivity index (χ4n) is 1.18. The maximum atomic E-state index is 11.1. The second-order valence-electron chi connectivity index (χ2n) is 2.78. The van der Waals surface area contributed by atoms with Crippen molar-refractivity contribution in [3.63, 3.8) is 0 Å². The van der Waals surface area contributed by atoms with Crippen molar-refractivity contribution in [1.29, 1.82) is 0 Å². The molecule has 1 unspecified atom stereocenters. The molecule has 0 aromatic heterocycles. The van der Waals surface area contributed by atoms with Crippen molar-refractivity contribution in [2.75, 3.05) is 0 Å². The first-order valence-corrected chi connectivity index (χ1v) is 5.12. The molecular formula is C7H6N2O4S. The molecule has 1 heterocycles. The summed E-state index contributed by atoms with van der Waals surface area (Å²) in [6.07, 6.45) is 1.11. The molecule has 1 aromatic rings. The standard InChI is InChI=1S/C7H6N2O4S/c10-9-4-8-6-3-5(14(11,12)13)1-2-7(6)9/h1-4,9H,(H,11,12,13). The normalized spacial score (nSPS) is 19.7. The number of hydrogen-bond acceptors (Lipinski definition) is 4. The summed E-state index contributed by atoms with van der Waals surface area (Å²) < 4.78 is 30.2. The maximum absolute atomic E-state index is 11.1. The number of benzene rings is 1. The lowest BCUT2D eigenvalue weighted by Crippen LogP contribution is -2.99. The van der Waals surface area contributed by atoms with E-state index in [1.54, 1.807) is 0 Å². The van der Waals surface area contributed by atoms with Crippen LogP contribution in [0.3, 0.4) is 0 Å². The van der Waals surface area contributed by atoms with Crippen LogP contribution >= 0.6 is 0 Å². The van der Waals surface area contributed by atoms with Gasteiger partial charge in [-0.25, -0.2) is 0 Å². The first kappa shape index (κ1) is 9.28. The second-order valence-corrected chi connectivity index (χ2v) is 4.20. The molecule has 0 amide bonds. The van der Waals surface area contributed by atoms with Gasteiger partial charge in [0.25, 0.3) is 10.1 Å². The fourth-order valence-corrected chi connectivity index (χ4v) is 1.69. The Morgan fingerprint density at radius 1 is 1.43 bits per heavy atom. The smallest absolute Gasteiger partial charge is 0.294 e. The van der Waals surface area contributed by atoms with Crippen molar-refractivity contribution < 1.29 is 18.0 Å². The maximum Gasteiger partial charge on any atom is 0.294 e. The summed E-state index contributed by atoms with van der Waals surface area (Å²) in [7, 11) is -4.23. The van der Waals surface area contributed by atoms with Crippen LogP contribution in [0.2, 0.25) is 0 Å². The van der Waals surface area contributed by atoms with Crippen molar-refractivity contribution in [3.05, 3.63) is 23.4 Å². The van der Waals surface area contributed by atoms with Gasteiger partial charge in [0.2, 0.25) is 0 Å². The summed E-state index contributed by atoms with van der Waals surface area (Å²) >= 11 is 0. The van der Waals surface area contributed by atoms with Gasteiger partial charge in [0.1, 0.15) is 5.69 Å². The average Bonchev–Trinajstić information content (AvgIpc) is 2.46. The van der Waals surface area contributed by atoms with Crippen LogP contribution < -0.4 is 5.06 Å². The molecule has 7 heteroatoms. The van der Waals surface area contributed by atoms with Gasteiger partial charge < -0.3 is 5.21 Å². The first-order valence-electron chi connectivity index (χ1n) is 3.68. The van der Waals surface area contributed by atoms with E-state index in [4.69, 9.17) is 4.55 Å². The van der Waals surface area contributed by atoms with Gasteiger partial charge in [-0.2, -0.15) is 13.4 Å². The van der Waals surface area contributed by atoms with Gasteiger partial charge in [-0.15, -0.1) is 0 Å². The molecule has 2 N–H and O–H groups in total. The van der Waals surface area contributed by atoms with Crippen molar-refractivity contribution in [3.8, 4) is 0 Å². The molecule has 0 bridgehead atoms. The van der Waals surface area contributed by atoms with Crippen LogP contribution in [0.4, 0.5) is 11.4 Å². The molecule has 74 valence electrons. The topological polar surface area (TPSA) is 94.2 Å². The molecule has 6 nitrogen and oxygen atoms in total. The number of hydrogen-bond donors (Lipinski definition) is 2. The minimum Gasteiger partial charge on any atom is -0.623 e. The zero-order valence-corrected chi connectivity index (χ0v) is 7.65. The summed E-state index contributed by atoms with van der Waals surface area (Å²) in [6.45, 7) is 0. The van der Waals surface area contributed by atoms with Crippen LogP contribution in [0.1, 0.15) is 0 Å². The molecule has 0 radical (unpaired) electrons. The number of rotatable bonds is 1. The Kier molecular flexibility index (Phi) is 1.89. The molecule has 0 spiro atoms. The van der Waals surface area contributed by atoms with Gasteiger partial charge in [-0.3, -0.25) is 9.62 Å². The van der Waals surface area contributed by atoms with Crippen LogP contribution in [0.5, 0.6) is 0 Å². The lowest BCUT2D eigenvalue weighted by Gasteiger charge is -2.10. The van der Waals surface area contributed by atoms with E-state index in [0.717, 1.165) is 12.4 Å². The molecule has 0 saturated heterocycles. The minimum absolute atomic E-state index is 0.261. The van der Waals surface area contributed by atoms with E-state index >= 15 is 0 Å². The van der Waals surface area contributed by atoms with Crippen LogP contribution in [0, 0.1) is 5.21 Å². The summed E-state index contributed by atoms with van der Waals surface area (Å²) in [5, 5.41) is 10.8.